The van der Waals surface area contributed by atoms with Crippen LogP contribution in [-0.4, -0.2) is 33.2 Å². The molecule has 28 heavy (non-hydrogen) atoms. The molecule has 1 N–H and O–H groups in total. The van der Waals surface area contributed by atoms with Gasteiger partial charge in [0.2, 0.25) is 10.0 Å². The Morgan fingerprint density at radius 3 is 2.79 bits per heavy atom. The zero-order chi connectivity index (χ0) is 19.9. The van der Waals surface area contributed by atoms with Crippen molar-refractivity contribution in [3.8, 4) is 5.75 Å². The number of fused-ring (bicyclic) bond motifs is 2. The molecule has 4 rings (SSSR count). The van der Waals surface area contributed by atoms with Crippen LogP contribution in [0.15, 0.2) is 42.5 Å². The van der Waals surface area contributed by atoms with E-state index < -0.39 is 16.1 Å². The number of aryl methyl sites for hydroxylation is 2. The molecule has 2 atom stereocenters. The van der Waals surface area contributed by atoms with E-state index in [-0.39, 0.29) is 18.5 Å². The average Bonchev–Trinajstić information content (AvgIpc) is 2.66. The molecule has 0 radical (unpaired) electrons. The van der Waals surface area contributed by atoms with Gasteiger partial charge in [-0.3, -0.25) is 9.10 Å². The van der Waals surface area contributed by atoms with Crippen molar-refractivity contribution < 1.29 is 17.9 Å². The first-order valence-electron chi connectivity index (χ1n) is 9.46. The first kappa shape index (κ1) is 18.8. The van der Waals surface area contributed by atoms with Crippen molar-refractivity contribution in [1.29, 1.82) is 0 Å². The molecule has 2 aromatic carbocycles. The minimum atomic E-state index is -3.53. The van der Waals surface area contributed by atoms with E-state index in [2.05, 4.69) is 11.4 Å². The van der Waals surface area contributed by atoms with Crippen molar-refractivity contribution >= 4 is 21.6 Å². The van der Waals surface area contributed by atoms with Crippen LogP contribution in [0.25, 0.3) is 0 Å². The third kappa shape index (κ3) is 3.58. The summed E-state index contributed by atoms with van der Waals surface area (Å²) in [5.74, 6) is 0.119. The summed E-state index contributed by atoms with van der Waals surface area (Å²) in [6.07, 6.45) is 3.14. The molecule has 1 heterocycles. The van der Waals surface area contributed by atoms with E-state index >= 15 is 0 Å². The van der Waals surface area contributed by atoms with Gasteiger partial charge in [-0.05, 0) is 55.0 Å². The molecule has 0 aromatic heterocycles. The predicted molar refractivity (Wildman–Crippen MR) is 108 cm³/mol. The minimum absolute atomic E-state index is 0.0323. The first-order chi connectivity index (χ1) is 13.3. The molecule has 1 aliphatic carbocycles. The second-order valence-corrected chi connectivity index (χ2v) is 9.43. The third-order valence-corrected chi connectivity index (χ3v) is 6.51. The molecular weight excluding hydrogens is 376 g/mol. The number of hydrogen-bond acceptors (Lipinski definition) is 4. The second-order valence-electron chi connectivity index (χ2n) is 7.52. The van der Waals surface area contributed by atoms with Crippen molar-refractivity contribution in [2.45, 2.75) is 38.3 Å². The summed E-state index contributed by atoms with van der Waals surface area (Å²) in [6.45, 7) is 1.86. The van der Waals surface area contributed by atoms with Crippen LogP contribution in [0.5, 0.6) is 5.75 Å². The van der Waals surface area contributed by atoms with Crippen LogP contribution in [0.4, 0.5) is 5.69 Å². The van der Waals surface area contributed by atoms with Gasteiger partial charge < -0.3 is 10.1 Å². The first-order valence-corrected chi connectivity index (χ1v) is 11.3. The van der Waals surface area contributed by atoms with Crippen LogP contribution in [-0.2, 0) is 21.2 Å². The Hall–Kier alpha value is -2.54. The maximum absolute atomic E-state index is 13.0. The summed E-state index contributed by atoms with van der Waals surface area (Å²) in [5, 5.41) is 3.07. The van der Waals surface area contributed by atoms with E-state index in [0.717, 1.165) is 36.6 Å². The number of rotatable bonds is 3. The third-order valence-electron chi connectivity index (χ3n) is 5.36. The van der Waals surface area contributed by atoms with Gasteiger partial charge in [0.15, 0.2) is 6.10 Å². The lowest BCUT2D eigenvalue weighted by Crippen LogP contribution is -2.51. The van der Waals surface area contributed by atoms with E-state index in [4.69, 9.17) is 4.74 Å². The number of carbonyl (C=O) groups excluding carboxylic acids is 1. The fourth-order valence-electron chi connectivity index (χ4n) is 3.98. The monoisotopic (exact) mass is 400 g/mol. The van der Waals surface area contributed by atoms with Crippen molar-refractivity contribution in [3.63, 3.8) is 0 Å². The van der Waals surface area contributed by atoms with E-state index in [9.17, 15) is 13.2 Å². The Balaban J connectivity index is 1.58. The summed E-state index contributed by atoms with van der Waals surface area (Å²) in [4.78, 5) is 13.0. The number of sulfonamides is 1. The fourth-order valence-corrected chi connectivity index (χ4v) is 4.89. The Bertz CT molecular complexity index is 1020. The van der Waals surface area contributed by atoms with Crippen LogP contribution in [0.2, 0.25) is 0 Å². The molecule has 6 nitrogen and oxygen atoms in total. The van der Waals surface area contributed by atoms with E-state index in [1.807, 2.05) is 31.2 Å². The minimum Gasteiger partial charge on any atom is -0.476 e. The van der Waals surface area contributed by atoms with Crippen LogP contribution in [0.1, 0.15) is 35.6 Å². The molecular formula is C21H24N2O4S. The molecule has 1 aliphatic heterocycles. The SMILES string of the molecule is Cc1ccc2c(c1)N(S(C)(=O)=O)C[C@@H](C(=O)N[C@@H]1CCCc3ccccc31)O2. The van der Waals surface area contributed by atoms with Gasteiger partial charge in [-0.25, -0.2) is 8.42 Å². The van der Waals surface area contributed by atoms with Crippen molar-refractivity contribution in [2.75, 3.05) is 17.1 Å². The van der Waals surface area contributed by atoms with E-state index in [1.54, 1.807) is 12.1 Å². The van der Waals surface area contributed by atoms with Gasteiger partial charge in [0.25, 0.3) is 5.91 Å². The highest BCUT2D eigenvalue weighted by atomic mass is 32.2. The Labute approximate surface area is 165 Å². The van der Waals surface area contributed by atoms with Crippen LogP contribution >= 0.6 is 0 Å². The van der Waals surface area contributed by atoms with E-state index in [1.165, 1.54) is 9.87 Å². The van der Waals surface area contributed by atoms with Crippen molar-refractivity contribution in [1.82, 2.24) is 5.32 Å². The molecule has 1 amide bonds. The topological polar surface area (TPSA) is 75.7 Å². The number of carbonyl (C=O) groups is 1. The molecule has 7 heteroatoms. The van der Waals surface area contributed by atoms with Gasteiger partial charge in [0, 0.05) is 0 Å². The average molecular weight is 401 g/mol. The molecule has 2 aromatic rings. The Morgan fingerprint density at radius 2 is 2.00 bits per heavy atom. The van der Waals surface area contributed by atoms with Crippen LogP contribution < -0.4 is 14.4 Å². The maximum atomic E-state index is 13.0. The zero-order valence-electron chi connectivity index (χ0n) is 16.0. The molecule has 0 spiro atoms. The van der Waals surface area contributed by atoms with Crippen molar-refractivity contribution in [3.05, 3.63) is 59.2 Å². The molecule has 0 saturated carbocycles. The molecule has 148 valence electrons. The molecule has 2 aliphatic rings. The normalized spacial score (nSPS) is 21.3. The standard InChI is InChI=1S/C21H24N2O4S/c1-14-10-11-19-18(12-14)23(28(2,25)26)13-20(27-19)21(24)22-17-9-5-7-15-6-3-4-8-16(15)17/h3-4,6,8,10-12,17,20H,5,7,9,13H2,1-2H3,(H,22,24)/t17-,20+/m1/s1. The summed E-state index contributed by atoms with van der Waals surface area (Å²) < 4.78 is 31.8. The lowest BCUT2D eigenvalue weighted by molar-refractivity contribution is -0.128. The van der Waals surface area contributed by atoms with Gasteiger partial charge in [0.05, 0.1) is 24.5 Å². The smallest absolute Gasteiger partial charge is 0.263 e. The summed E-state index contributed by atoms with van der Waals surface area (Å²) in [5.41, 5.74) is 3.79. The molecule has 0 saturated heterocycles. The quantitative estimate of drug-likeness (QED) is 0.860. The number of anilines is 1. The van der Waals surface area contributed by atoms with Gasteiger partial charge in [-0.15, -0.1) is 0 Å². The number of nitrogens with zero attached hydrogens (tertiary/aromatic N) is 1. The second kappa shape index (κ2) is 7.13. The number of nitrogens with one attached hydrogen (secondary N) is 1. The fraction of sp³-hybridized carbons (Fsp3) is 0.381. The van der Waals surface area contributed by atoms with Crippen LogP contribution in [0.3, 0.4) is 0 Å². The van der Waals surface area contributed by atoms with Crippen LogP contribution in [0, 0.1) is 6.92 Å². The lowest BCUT2D eigenvalue weighted by atomic mass is 9.87. The number of amides is 1. The van der Waals surface area contributed by atoms with Gasteiger partial charge in [0.1, 0.15) is 5.75 Å². The summed E-state index contributed by atoms with van der Waals surface area (Å²) in [6, 6.07) is 13.4. The molecule has 0 unspecified atom stereocenters. The number of hydrogen-bond donors (Lipinski definition) is 1. The molecule has 0 bridgehead atoms. The zero-order valence-corrected chi connectivity index (χ0v) is 16.8. The summed E-state index contributed by atoms with van der Waals surface area (Å²) in [7, 11) is -3.53. The highest BCUT2D eigenvalue weighted by molar-refractivity contribution is 7.92. The lowest BCUT2D eigenvalue weighted by Gasteiger charge is -2.35. The maximum Gasteiger partial charge on any atom is 0.263 e. The Morgan fingerprint density at radius 1 is 1.21 bits per heavy atom. The largest absolute Gasteiger partial charge is 0.476 e. The van der Waals surface area contributed by atoms with Crippen molar-refractivity contribution in [2.24, 2.45) is 0 Å². The number of benzene rings is 2. The van der Waals surface area contributed by atoms with Gasteiger partial charge in [-0.1, -0.05) is 30.3 Å². The Kier molecular flexibility index (Phi) is 4.79. The summed E-state index contributed by atoms with van der Waals surface area (Å²) >= 11 is 0. The van der Waals surface area contributed by atoms with Gasteiger partial charge in [-0.2, -0.15) is 0 Å². The molecule has 0 fully saturated rings. The highest BCUT2D eigenvalue weighted by Gasteiger charge is 2.36. The van der Waals surface area contributed by atoms with Gasteiger partial charge >= 0.3 is 0 Å². The highest BCUT2D eigenvalue weighted by Crippen LogP contribution is 2.36. The predicted octanol–water partition coefficient (Wildman–Crippen LogP) is 2.72. The number of ether oxygens (including phenoxy) is 1. The van der Waals surface area contributed by atoms with E-state index in [0.29, 0.717) is 11.4 Å².